The summed E-state index contributed by atoms with van der Waals surface area (Å²) in [7, 11) is 0. The van der Waals surface area contributed by atoms with E-state index in [2.05, 4.69) is 19.2 Å². The van der Waals surface area contributed by atoms with Crippen LogP contribution in [0.5, 0.6) is 0 Å². The Bertz CT molecular complexity index is 930. The molecule has 2 aliphatic heterocycles. The van der Waals surface area contributed by atoms with Gasteiger partial charge >= 0.3 is 0 Å². The predicted molar refractivity (Wildman–Crippen MR) is 203 cm³/mol. The molecule has 14 heteroatoms. The summed E-state index contributed by atoms with van der Waals surface area (Å²) in [6, 6.07) is -0.816. The molecule has 0 saturated carbocycles. The molecule has 12 atom stereocenters. The van der Waals surface area contributed by atoms with Crippen molar-refractivity contribution in [3.63, 3.8) is 0 Å². The Balaban J connectivity index is 1.82. The first-order valence-corrected chi connectivity index (χ1v) is 21.3. The van der Waals surface area contributed by atoms with Crippen molar-refractivity contribution < 1.29 is 64.6 Å². The lowest BCUT2D eigenvalue weighted by Gasteiger charge is -2.46. The lowest BCUT2D eigenvalue weighted by Crippen LogP contribution is -2.65. The summed E-state index contributed by atoms with van der Waals surface area (Å²) in [4.78, 5) is 13.0. The van der Waals surface area contributed by atoms with Crippen molar-refractivity contribution in [3.8, 4) is 0 Å². The normalized spacial score (nSPS) is 30.0. The van der Waals surface area contributed by atoms with Gasteiger partial charge in [0.2, 0.25) is 5.91 Å². The molecule has 12 unspecified atom stereocenters. The van der Waals surface area contributed by atoms with E-state index in [-0.39, 0.29) is 12.5 Å². The van der Waals surface area contributed by atoms with Gasteiger partial charge < -0.3 is 65.1 Å². The second kappa shape index (κ2) is 29.2. The molecule has 320 valence electrons. The molecule has 14 nitrogen and oxygen atoms in total. The van der Waals surface area contributed by atoms with Gasteiger partial charge in [-0.1, -0.05) is 136 Å². The largest absolute Gasteiger partial charge is 0.394 e. The van der Waals surface area contributed by atoms with E-state index in [1.54, 1.807) is 0 Å². The van der Waals surface area contributed by atoms with E-state index >= 15 is 0 Å². The van der Waals surface area contributed by atoms with Crippen LogP contribution in [-0.4, -0.2) is 140 Å². The average Bonchev–Trinajstić information content (AvgIpc) is 3.17. The first-order valence-electron chi connectivity index (χ1n) is 21.3. The fourth-order valence-electron chi connectivity index (χ4n) is 7.23. The third kappa shape index (κ3) is 18.1. The van der Waals surface area contributed by atoms with Crippen molar-refractivity contribution in [2.24, 2.45) is 0 Å². The average molecular weight is 780 g/mol. The molecule has 0 aromatic heterocycles. The molecule has 9 N–H and O–H groups in total. The van der Waals surface area contributed by atoms with E-state index in [4.69, 9.17) is 18.9 Å². The molecule has 0 aliphatic carbocycles. The fourth-order valence-corrected chi connectivity index (χ4v) is 7.23. The molecule has 0 spiro atoms. The molecule has 2 aliphatic rings. The molecule has 2 fully saturated rings. The van der Waals surface area contributed by atoms with Gasteiger partial charge in [-0.25, -0.2) is 0 Å². The quantitative estimate of drug-likeness (QED) is 0.0462. The van der Waals surface area contributed by atoms with Gasteiger partial charge in [0.05, 0.1) is 32.0 Å². The number of hydrogen-bond acceptors (Lipinski definition) is 13. The Morgan fingerprint density at radius 1 is 0.593 bits per heavy atom. The topological polar surface area (TPSA) is 228 Å². The van der Waals surface area contributed by atoms with Gasteiger partial charge in [0.15, 0.2) is 12.6 Å². The van der Waals surface area contributed by atoms with Crippen molar-refractivity contribution in [2.45, 2.75) is 229 Å². The lowest BCUT2D eigenvalue weighted by molar-refractivity contribution is -0.359. The van der Waals surface area contributed by atoms with E-state index in [9.17, 15) is 45.6 Å². The second-order valence-corrected chi connectivity index (χ2v) is 15.5. The molecule has 54 heavy (non-hydrogen) atoms. The molecule has 0 aromatic carbocycles. The van der Waals surface area contributed by atoms with Crippen LogP contribution in [0.3, 0.4) is 0 Å². The zero-order valence-corrected chi connectivity index (χ0v) is 33.2. The summed E-state index contributed by atoms with van der Waals surface area (Å²) in [6.07, 6.45) is 7.46. The number of unbranched alkanes of at least 4 members (excludes halogenated alkanes) is 18. The summed E-state index contributed by atoms with van der Waals surface area (Å²) in [5, 5.41) is 86.0. The van der Waals surface area contributed by atoms with Gasteiger partial charge in [0, 0.05) is 6.42 Å². The summed E-state index contributed by atoms with van der Waals surface area (Å²) in [5.74, 6) is -0.213. The summed E-state index contributed by atoms with van der Waals surface area (Å²) in [5.41, 5.74) is 0. The van der Waals surface area contributed by atoms with Crippen LogP contribution in [0, 0.1) is 0 Å². The zero-order valence-electron chi connectivity index (χ0n) is 33.2. The number of carbonyl (C=O) groups excluding carboxylic acids is 1. The summed E-state index contributed by atoms with van der Waals surface area (Å²) in [6.45, 7) is 2.73. The number of ether oxygens (including phenoxy) is 4. The van der Waals surface area contributed by atoms with Crippen molar-refractivity contribution in [2.75, 3.05) is 19.8 Å². The highest BCUT2D eigenvalue weighted by atomic mass is 16.7. The van der Waals surface area contributed by atoms with E-state index in [0.29, 0.717) is 12.8 Å². The molecule has 2 heterocycles. The fraction of sp³-hybridized carbons (Fsp3) is 0.975. The van der Waals surface area contributed by atoms with Gasteiger partial charge in [0.1, 0.15) is 48.8 Å². The molecular weight excluding hydrogens is 702 g/mol. The highest BCUT2D eigenvalue weighted by molar-refractivity contribution is 5.76. The van der Waals surface area contributed by atoms with Crippen molar-refractivity contribution in [3.05, 3.63) is 0 Å². The van der Waals surface area contributed by atoms with Gasteiger partial charge in [-0.2, -0.15) is 0 Å². The molecule has 2 saturated heterocycles. The molecule has 2 rings (SSSR count). The molecule has 0 bridgehead atoms. The predicted octanol–water partition coefficient (Wildman–Crippen LogP) is 3.09. The molecule has 1 amide bonds. The number of nitrogens with one attached hydrogen (secondary N) is 1. The van der Waals surface area contributed by atoms with Gasteiger partial charge in [0.25, 0.3) is 0 Å². The van der Waals surface area contributed by atoms with Crippen LogP contribution in [0.2, 0.25) is 0 Å². The monoisotopic (exact) mass is 780 g/mol. The number of amides is 1. The molecule has 0 radical (unpaired) electrons. The van der Waals surface area contributed by atoms with E-state index in [1.165, 1.54) is 70.6 Å². The SMILES string of the molecule is CCCCCCCCCCCCCCCCCC(=O)NC(COC1OC(CO)C(OC2OC(CO)C(O)C(O)C2O)C(O)C1O)C(O)CCCCCCC. The molecular formula is C40H77NO13. The highest BCUT2D eigenvalue weighted by Gasteiger charge is 2.50. The Hall–Kier alpha value is -1.01. The van der Waals surface area contributed by atoms with Crippen LogP contribution in [-0.2, 0) is 23.7 Å². The number of hydrogen-bond donors (Lipinski definition) is 9. The zero-order chi connectivity index (χ0) is 39.7. The van der Waals surface area contributed by atoms with Crippen LogP contribution < -0.4 is 5.32 Å². The van der Waals surface area contributed by atoms with E-state index < -0.39 is 86.8 Å². The maximum atomic E-state index is 13.0. The van der Waals surface area contributed by atoms with Crippen molar-refractivity contribution >= 4 is 5.91 Å². The number of aliphatic hydroxyl groups is 8. The van der Waals surface area contributed by atoms with Crippen LogP contribution >= 0.6 is 0 Å². The minimum atomic E-state index is -1.78. The lowest BCUT2D eigenvalue weighted by atomic mass is 9.97. The number of carbonyl (C=O) groups is 1. The maximum absolute atomic E-state index is 13.0. The molecule has 0 aromatic rings. The number of aliphatic hydroxyl groups excluding tert-OH is 8. The van der Waals surface area contributed by atoms with Crippen molar-refractivity contribution in [1.82, 2.24) is 5.32 Å². The Kier molecular flexibility index (Phi) is 26.6. The van der Waals surface area contributed by atoms with Crippen LogP contribution in [0.25, 0.3) is 0 Å². The number of rotatable bonds is 31. The standard InChI is InChI=1S/C40H77NO13/c1-3-5-7-9-10-11-12-13-14-15-16-17-18-20-22-24-32(45)41-28(29(44)23-21-19-8-6-4-2)27-51-39-37(50)35(48)38(31(26-43)53-39)54-40-36(49)34(47)33(46)30(25-42)52-40/h28-31,33-40,42-44,46-50H,3-27H2,1-2H3,(H,41,45). The first-order chi connectivity index (χ1) is 26.1. The van der Waals surface area contributed by atoms with Crippen molar-refractivity contribution in [1.29, 1.82) is 0 Å². The van der Waals surface area contributed by atoms with Gasteiger partial charge in [-0.3, -0.25) is 4.79 Å². The smallest absolute Gasteiger partial charge is 0.220 e. The van der Waals surface area contributed by atoms with Crippen LogP contribution in [0.4, 0.5) is 0 Å². The third-order valence-electron chi connectivity index (χ3n) is 10.8. The van der Waals surface area contributed by atoms with E-state index in [1.807, 2.05) is 0 Å². The van der Waals surface area contributed by atoms with E-state index in [0.717, 1.165) is 57.8 Å². The van der Waals surface area contributed by atoms with Gasteiger partial charge in [-0.15, -0.1) is 0 Å². The minimum Gasteiger partial charge on any atom is -0.394 e. The van der Waals surface area contributed by atoms with Gasteiger partial charge in [-0.05, 0) is 12.8 Å². The van der Waals surface area contributed by atoms with Crippen LogP contribution in [0.1, 0.15) is 155 Å². The minimum absolute atomic E-state index is 0.213. The summed E-state index contributed by atoms with van der Waals surface area (Å²) >= 11 is 0. The summed E-state index contributed by atoms with van der Waals surface area (Å²) < 4.78 is 22.5. The third-order valence-corrected chi connectivity index (χ3v) is 10.8. The van der Waals surface area contributed by atoms with Crippen LogP contribution in [0.15, 0.2) is 0 Å². The Labute approximate surface area is 323 Å². The first kappa shape index (κ1) is 49.1. The maximum Gasteiger partial charge on any atom is 0.220 e. The highest BCUT2D eigenvalue weighted by Crippen LogP contribution is 2.30. The second-order valence-electron chi connectivity index (χ2n) is 15.5. The Morgan fingerprint density at radius 2 is 1.06 bits per heavy atom. The Morgan fingerprint density at radius 3 is 1.57 bits per heavy atom.